The SMILES string of the molecule is CCOC(=O)C(C(C)=O)C(C)(C)C(Cl)CC(F)(F)Cl. The lowest BCUT2D eigenvalue weighted by atomic mass is 9.73. The fourth-order valence-electron chi connectivity index (χ4n) is 1.87. The van der Waals surface area contributed by atoms with Crippen molar-refractivity contribution in [1.29, 1.82) is 0 Å². The molecule has 0 aromatic rings. The maximum absolute atomic E-state index is 12.8. The Bertz CT molecular complexity index is 340. The zero-order chi connectivity index (χ0) is 15.4. The average molecular weight is 319 g/mol. The van der Waals surface area contributed by atoms with Crippen LogP contribution < -0.4 is 0 Å². The fraction of sp³-hybridized carbons (Fsp3) is 0.833. The second-order valence-electron chi connectivity index (χ2n) is 4.90. The van der Waals surface area contributed by atoms with Gasteiger partial charge in [-0.15, -0.1) is 11.6 Å². The lowest BCUT2D eigenvalue weighted by molar-refractivity contribution is -0.156. The molecule has 0 saturated carbocycles. The molecule has 0 aliphatic heterocycles. The van der Waals surface area contributed by atoms with Gasteiger partial charge >= 0.3 is 11.4 Å². The largest absolute Gasteiger partial charge is 0.465 e. The fourth-order valence-corrected chi connectivity index (χ4v) is 2.42. The molecule has 0 amide bonds. The monoisotopic (exact) mass is 318 g/mol. The van der Waals surface area contributed by atoms with E-state index in [2.05, 4.69) is 0 Å². The highest BCUT2D eigenvalue weighted by Crippen LogP contribution is 2.41. The lowest BCUT2D eigenvalue weighted by Gasteiger charge is -2.35. The molecule has 0 saturated heterocycles. The van der Waals surface area contributed by atoms with E-state index in [1.165, 1.54) is 20.8 Å². The van der Waals surface area contributed by atoms with Crippen LogP contribution in [0.4, 0.5) is 8.78 Å². The van der Waals surface area contributed by atoms with Crippen molar-refractivity contribution < 1.29 is 23.1 Å². The highest BCUT2D eigenvalue weighted by atomic mass is 35.5. The van der Waals surface area contributed by atoms with E-state index in [4.69, 9.17) is 27.9 Å². The molecule has 112 valence electrons. The second kappa shape index (κ2) is 6.84. The second-order valence-corrected chi connectivity index (χ2v) is 5.98. The molecular formula is C12H18Cl2F2O3. The van der Waals surface area contributed by atoms with Crippen LogP contribution in [0.1, 0.15) is 34.1 Å². The summed E-state index contributed by atoms with van der Waals surface area (Å²) in [4.78, 5) is 23.4. The molecule has 0 radical (unpaired) electrons. The summed E-state index contributed by atoms with van der Waals surface area (Å²) < 4.78 is 30.4. The van der Waals surface area contributed by atoms with Gasteiger partial charge in [-0.1, -0.05) is 13.8 Å². The molecule has 0 fully saturated rings. The minimum Gasteiger partial charge on any atom is -0.465 e. The summed E-state index contributed by atoms with van der Waals surface area (Å²) in [5.41, 5.74) is -1.20. The lowest BCUT2D eigenvalue weighted by Crippen LogP contribution is -2.44. The maximum atomic E-state index is 12.8. The average Bonchev–Trinajstić information content (AvgIpc) is 2.13. The molecule has 0 bridgehead atoms. The highest BCUT2D eigenvalue weighted by molar-refractivity contribution is 6.24. The van der Waals surface area contributed by atoms with Crippen LogP contribution in [0, 0.1) is 11.3 Å². The molecule has 19 heavy (non-hydrogen) atoms. The van der Waals surface area contributed by atoms with Gasteiger partial charge in [0.25, 0.3) is 0 Å². The number of hydrogen-bond donors (Lipinski definition) is 0. The van der Waals surface area contributed by atoms with Crippen molar-refractivity contribution in [3.63, 3.8) is 0 Å². The van der Waals surface area contributed by atoms with Gasteiger partial charge in [-0.3, -0.25) is 9.59 Å². The van der Waals surface area contributed by atoms with E-state index in [-0.39, 0.29) is 6.61 Å². The summed E-state index contributed by atoms with van der Waals surface area (Å²) in [6.45, 7) is 5.82. The van der Waals surface area contributed by atoms with E-state index in [1.54, 1.807) is 6.92 Å². The van der Waals surface area contributed by atoms with E-state index in [9.17, 15) is 18.4 Å². The van der Waals surface area contributed by atoms with Crippen molar-refractivity contribution in [3.05, 3.63) is 0 Å². The molecule has 7 heteroatoms. The van der Waals surface area contributed by atoms with E-state index in [1.807, 2.05) is 0 Å². The first-order valence-electron chi connectivity index (χ1n) is 5.81. The molecule has 0 spiro atoms. The topological polar surface area (TPSA) is 43.4 Å². The zero-order valence-electron chi connectivity index (χ0n) is 11.3. The number of ether oxygens (including phenoxy) is 1. The molecule has 0 rings (SSSR count). The first-order chi connectivity index (χ1) is 8.43. The highest BCUT2D eigenvalue weighted by Gasteiger charge is 2.47. The van der Waals surface area contributed by atoms with Gasteiger partial charge in [0.15, 0.2) is 0 Å². The van der Waals surface area contributed by atoms with Gasteiger partial charge in [0.1, 0.15) is 11.7 Å². The Balaban J connectivity index is 5.19. The third-order valence-electron chi connectivity index (χ3n) is 2.89. The predicted octanol–water partition coefficient (Wildman–Crippen LogP) is 3.61. The number of hydrogen-bond acceptors (Lipinski definition) is 3. The van der Waals surface area contributed by atoms with E-state index < -0.39 is 40.3 Å². The Morgan fingerprint density at radius 2 is 1.79 bits per heavy atom. The Labute approximate surface area is 121 Å². The number of carbonyl (C=O) groups excluding carboxylic acids is 2. The zero-order valence-corrected chi connectivity index (χ0v) is 12.8. The number of carbonyl (C=O) groups is 2. The first-order valence-corrected chi connectivity index (χ1v) is 6.62. The molecule has 2 unspecified atom stereocenters. The number of Topliss-reactive ketones (excluding diaryl/α,β-unsaturated/α-hetero) is 1. The molecule has 0 aromatic heterocycles. The number of esters is 1. The van der Waals surface area contributed by atoms with Crippen LogP contribution in [-0.4, -0.2) is 29.1 Å². The minimum atomic E-state index is -3.49. The van der Waals surface area contributed by atoms with Gasteiger partial charge in [0.05, 0.1) is 6.61 Å². The maximum Gasteiger partial charge on any atom is 0.323 e. The van der Waals surface area contributed by atoms with Crippen molar-refractivity contribution >= 4 is 35.0 Å². The van der Waals surface area contributed by atoms with Crippen molar-refractivity contribution in [1.82, 2.24) is 0 Å². The van der Waals surface area contributed by atoms with Crippen LogP contribution in [0.2, 0.25) is 0 Å². The molecule has 0 aliphatic carbocycles. The molecule has 0 N–H and O–H groups in total. The Kier molecular flexibility index (Phi) is 6.69. The first kappa shape index (κ1) is 18.6. The molecular weight excluding hydrogens is 301 g/mol. The molecule has 3 nitrogen and oxygen atoms in total. The van der Waals surface area contributed by atoms with Gasteiger partial charge in [-0.2, -0.15) is 8.78 Å². The summed E-state index contributed by atoms with van der Waals surface area (Å²) in [7, 11) is 0. The van der Waals surface area contributed by atoms with Gasteiger partial charge in [-0.05, 0) is 25.4 Å². The van der Waals surface area contributed by atoms with Gasteiger partial charge < -0.3 is 4.74 Å². The van der Waals surface area contributed by atoms with Crippen LogP contribution in [0.15, 0.2) is 0 Å². The third kappa shape index (κ3) is 5.61. The van der Waals surface area contributed by atoms with Crippen LogP contribution in [0.25, 0.3) is 0 Å². The van der Waals surface area contributed by atoms with Crippen molar-refractivity contribution in [2.75, 3.05) is 6.61 Å². The Morgan fingerprint density at radius 1 is 1.32 bits per heavy atom. The Morgan fingerprint density at radius 3 is 2.11 bits per heavy atom. The summed E-state index contributed by atoms with van der Waals surface area (Å²) in [5, 5.41) is -4.64. The smallest absolute Gasteiger partial charge is 0.323 e. The van der Waals surface area contributed by atoms with Gasteiger partial charge in [0.2, 0.25) is 0 Å². The van der Waals surface area contributed by atoms with E-state index in [0.29, 0.717) is 0 Å². The van der Waals surface area contributed by atoms with Crippen LogP contribution in [0.3, 0.4) is 0 Å². The number of alkyl halides is 4. The van der Waals surface area contributed by atoms with Crippen molar-refractivity contribution in [2.45, 2.75) is 44.9 Å². The summed E-state index contributed by atoms with van der Waals surface area (Å²) in [6, 6.07) is 0. The van der Waals surface area contributed by atoms with Crippen LogP contribution in [0.5, 0.6) is 0 Å². The summed E-state index contributed by atoms with van der Waals surface area (Å²) in [5.74, 6) is -2.44. The van der Waals surface area contributed by atoms with Crippen molar-refractivity contribution in [2.24, 2.45) is 11.3 Å². The molecule has 0 aliphatic rings. The molecule has 0 aromatic carbocycles. The van der Waals surface area contributed by atoms with E-state index in [0.717, 1.165) is 0 Å². The van der Waals surface area contributed by atoms with Crippen molar-refractivity contribution in [3.8, 4) is 0 Å². The molecule has 0 heterocycles. The van der Waals surface area contributed by atoms with Crippen LogP contribution >= 0.6 is 23.2 Å². The standard InChI is InChI=1S/C12H18Cl2F2O3/c1-5-19-10(18)9(7(2)17)11(3,4)8(13)6-12(14,15)16/h8-9H,5-6H2,1-4H3. The minimum absolute atomic E-state index is 0.0946. The summed E-state index contributed by atoms with van der Waals surface area (Å²) in [6.07, 6.45) is -0.841. The third-order valence-corrected chi connectivity index (χ3v) is 3.76. The predicted molar refractivity (Wildman–Crippen MR) is 69.6 cm³/mol. The van der Waals surface area contributed by atoms with Gasteiger partial charge in [-0.25, -0.2) is 0 Å². The normalized spacial score (nSPS) is 15.8. The quantitative estimate of drug-likeness (QED) is 0.409. The molecule has 2 atom stereocenters. The number of rotatable bonds is 7. The number of ketones is 1. The number of halogens is 4. The van der Waals surface area contributed by atoms with Crippen LogP contribution in [-0.2, 0) is 14.3 Å². The summed E-state index contributed by atoms with van der Waals surface area (Å²) >= 11 is 10.8. The van der Waals surface area contributed by atoms with E-state index >= 15 is 0 Å². The Hall–Kier alpha value is -0.420. The van der Waals surface area contributed by atoms with Gasteiger partial charge in [0, 0.05) is 17.2 Å².